The number of likely N-dealkylation sites (tertiary alicyclic amines) is 1. The van der Waals surface area contributed by atoms with E-state index in [9.17, 15) is 22.8 Å². The van der Waals surface area contributed by atoms with Crippen LogP contribution >= 0.6 is 0 Å². The summed E-state index contributed by atoms with van der Waals surface area (Å²) in [7, 11) is 0. The van der Waals surface area contributed by atoms with Crippen LogP contribution in [0.15, 0.2) is 24.3 Å². The minimum atomic E-state index is -4.38. The molecule has 8 heteroatoms. The maximum atomic E-state index is 12.6. The number of alkyl halides is 3. The monoisotopic (exact) mass is 343 g/mol. The molecule has 132 valence electrons. The molecule has 1 aliphatic heterocycles. The van der Waals surface area contributed by atoms with Crippen molar-refractivity contribution in [1.29, 1.82) is 0 Å². The first-order valence-corrected chi connectivity index (χ1v) is 7.70. The number of rotatable bonds is 3. The van der Waals surface area contributed by atoms with E-state index < -0.39 is 23.8 Å². The molecule has 5 nitrogen and oxygen atoms in total. The molecule has 0 bridgehead atoms. The Balaban J connectivity index is 1.97. The standard InChI is InChI=1S/C16H20F3N3O2/c1-10(11-4-6-13(7-5-11)16(17,18)19)21-14(23)12-3-2-8-22(9-12)15(20)24/h4-7,10,12H,2-3,8-9H2,1H3,(H2,20,24)(H,21,23)/t10-,12-/m1/s1. The van der Waals surface area contributed by atoms with Crippen molar-refractivity contribution in [3.05, 3.63) is 35.4 Å². The maximum absolute atomic E-state index is 12.6. The number of carbonyl (C=O) groups excluding carboxylic acids is 2. The van der Waals surface area contributed by atoms with Gasteiger partial charge >= 0.3 is 12.2 Å². The Morgan fingerprint density at radius 2 is 1.92 bits per heavy atom. The van der Waals surface area contributed by atoms with Crippen molar-refractivity contribution >= 4 is 11.9 Å². The predicted octanol–water partition coefficient (Wildman–Crippen LogP) is 2.67. The summed E-state index contributed by atoms with van der Waals surface area (Å²) in [5.74, 6) is -0.587. The van der Waals surface area contributed by atoms with E-state index in [-0.39, 0.29) is 18.4 Å². The number of primary amides is 1. The number of nitrogens with one attached hydrogen (secondary N) is 1. The summed E-state index contributed by atoms with van der Waals surface area (Å²) < 4.78 is 37.7. The number of piperidine rings is 1. The number of carbonyl (C=O) groups is 2. The van der Waals surface area contributed by atoms with E-state index in [4.69, 9.17) is 5.73 Å². The van der Waals surface area contributed by atoms with Gasteiger partial charge in [-0.05, 0) is 37.5 Å². The zero-order chi connectivity index (χ0) is 17.9. The minimum Gasteiger partial charge on any atom is -0.351 e. The molecule has 2 rings (SSSR count). The Labute approximate surface area is 138 Å². The highest BCUT2D eigenvalue weighted by Gasteiger charge is 2.31. The highest BCUT2D eigenvalue weighted by atomic mass is 19.4. The fourth-order valence-corrected chi connectivity index (χ4v) is 2.77. The second-order valence-electron chi connectivity index (χ2n) is 5.97. The lowest BCUT2D eigenvalue weighted by molar-refractivity contribution is -0.137. The molecule has 0 aliphatic carbocycles. The van der Waals surface area contributed by atoms with Crippen LogP contribution < -0.4 is 11.1 Å². The summed E-state index contributed by atoms with van der Waals surface area (Å²) in [6.45, 7) is 2.50. The number of hydrogen-bond donors (Lipinski definition) is 2. The molecule has 2 atom stereocenters. The molecule has 1 heterocycles. The van der Waals surface area contributed by atoms with Crippen molar-refractivity contribution in [2.45, 2.75) is 32.0 Å². The number of nitrogens with two attached hydrogens (primary N) is 1. The molecule has 0 aromatic heterocycles. The highest BCUT2D eigenvalue weighted by Crippen LogP contribution is 2.30. The molecule has 3 N–H and O–H groups in total. The summed E-state index contributed by atoms with van der Waals surface area (Å²) in [4.78, 5) is 24.9. The fraction of sp³-hybridized carbons (Fsp3) is 0.500. The molecule has 1 fully saturated rings. The summed E-state index contributed by atoms with van der Waals surface area (Å²) in [5.41, 5.74) is 5.09. The average Bonchev–Trinajstić information content (AvgIpc) is 2.54. The first-order chi connectivity index (χ1) is 11.2. The van der Waals surface area contributed by atoms with Gasteiger partial charge in [0, 0.05) is 13.1 Å². The molecule has 1 aromatic rings. The second kappa shape index (κ2) is 7.11. The molecule has 0 saturated carbocycles. The predicted molar refractivity (Wildman–Crippen MR) is 81.9 cm³/mol. The van der Waals surface area contributed by atoms with Crippen molar-refractivity contribution in [3.8, 4) is 0 Å². The van der Waals surface area contributed by atoms with E-state index in [2.05, 4.69) is 5.32 Å². The lowest BCUT2D eigenvalue weighted by Crippen LogP contribution is -2.47. The van der Waals surface area contributed by atoms with E-state index in [0.29, 0.717) is 24.9 Å². The SMILES string of the molecule is C[C@@H](NC(=O)[C@@H]1CCCN(C(N)=O)C1)c1ccc(C(F)(F)F)cc1. The van der Waals surface area contributed by atoms with Gasteiger partial charge in [0.2, 0.25) is 5.91 Å². The zero-order valence-corrected chi connectivity index (χ0v) is 13.3. The van der Waals surface area contributed by atoms with Gasteiger partial charge in [-0.3, -0.25) is 4.79 Å². The first kappa shape index (κ1) is 18.1. The minimum absolute atomic E-state index is 0.228. The van der Waals surface area contributed by atoms with Gasteiger partial charge in [-0.15, -0.1) is 0 Å². The van der Waals surface area contributed by atoms with Crippen molar-refractivity contribution in [3.63, 3.8) is 0 Å². The van der Waals surface area contributed by atoms with Gasteiger partial charge in [-0.1, -0.05) is 12.1 Å². The first-order valence-electron chi connectivity index (χ1n) is 7.70. The number of hydrogen-bond acceptors (Lipinski definition) is 2. The Morgan fingerprint density at radius 1 is 1.29 bits per heavy atom. The average molecular weight is 343 g/mol. The van der Waals surface area contributed by atoms with Crippen molar-refractivity contribution in [2.24, 2.45) is 11.7 Å². The molecule has 1 aliphatic rings. The highest BCUT2D eigenvalue weighted by molar-refractivity contribution is 5.80. The van der Waals surface area contributed by atoms with Gasteiger partial charge in [0.25, 0.3) is 0 Å². The van der Waals surface area contributed by atoms with Crippen LogP contribution in [0.25, 0.3) is 0 Å². The molecule has 0 radical (unpaired) electrons. The molecule has 3 amide bonds. The van der Waals surface area contributed by atoms with Crippen LogP contribution in [0.2, 0.25) is 0 Å². The van der Waals surface area contributed by atoms with Crippen molar-refractivity contribution in [2.75, 3.05) is 13.1 Å². The number of halogens is 3. The van der Waals surface area contributed by atoms with E-state index in [0.717, 1.165) is 12.1 Å². The number of amides is 3. The van der Waals surface area contributed by atoms with E-state index >= 15 is 0 Å². The maximum Gasteiger partial charge on any atom is 0.416 e. The Hall–Kier alpha value is -2.25. The van der Waals surface area contributed by atoms with E-state index in [1.165, 1.54) is 17.0 Å². The van der Waals surface area contributed by atoms with Crippen molar-refractivity contribution in [1.82, 2.24) is 10.2 Å². The molecular formula is C16H20F3N3O2. The second-order valence-corrected chi connectivity index (χ2v) is 5.97. The lowest BCUT2D eigenvalue weighted by Gasteiger charge is -2.31. The van der Waals surface area contributed by atoms with Gasteiger partial charge in [0.15, 0.2) is 0 Å². The van der Waals surface area contributed by atoms with Gasteiger partial charge in [0.1, 0.15) is 0 Å². The van der Waals surface area contributed by atoms with Crippen LogP contribution in [-0.4, -0.2) is 29.9 Å². The molecule has 1 saturated heterocycles. The summed E-state index contributed by atoms with van der Waals surface area (Å²) >= 11 is 0. The molecule has 1 aromatic carbocycles. The van der Waals surface area contributed by atoms with Crippen LogP contribution in [0, 0.1) is 5.92 Å². The number of nitrogens with zero attached hydrogens (tertiary/aromatic N) is 1. The smallest absolute Gasteiger partial charge is 0.351 e. The van der Waals surface area contributed by atoms with Gasteiger partial charge in [-0.2, -0.15) is 13.2 Å². The molecular weight excluding hydrogens is 323 g/mol. The van der Waals surface area contributed by atoms with Crippen LogP contribution in [0.5, 0.6) is 0 Å². The molecule has 0 spiro atoms. The van der Waals surface area contributed by atoms with Crippen LogP contribution in [0.4, 0.5) is 18.0 Å². The third-order valence-electron chi connectivity index (χ3n) is 4.20. The molecule has 0 unspecified atom stereocenters. The number of benzene rings is 1. The third-order valence-corrected chi connectivity index (χ3v) is 4.20. The topological polar surface area (TPSA) is 75.4 Å². The summed E-state index contributed by atoms with van der Waals surface area (Å²) in [6.07, 6.45) is -3.05. The van der Waals surface area contributed by atoms with Crippen LogP contribution in [-0.2, 0) is 11.0 Å². The van der Waals surface area contributed by atoms with Crippen molar-refractivity contribution < 1.29 is 22.8 Å². The Kier molecular flexibility index (Phi) is 5.36. The fourth-order valence-electron chi connectivity index (χ4n) is 2.77. The summed E-state index contributed by atoms with van der Waals surface area (Å²) in [5, 5.41) is 2.78. The third kappa shape index (κ3) is 4.39. The van der Waals surface area contributed by atoms with Crippen LogP contribution in [0.1, 0.15) is 36.9 Å². The van der Waals surface area contributed by atoms with Gasteiger partial charge < -0.3 is 16.0 Å². The molecule has 24 heavy (non-hydrogen) atoms. The van der Waals surface area contributed by atoms with Crippen LogP contribution in [0.3, 0.4) is 0 Å². The zero-order valence-electron chi connectivity index (χ0n) is 13.3. The van der Waals surface area contributed by atoms with Gasteiger partial charge in [0.05, 0.1) is 17.5 Å². The van der Waals surface area contributed by atoms with Gasteiger partial charge in [-0.25, -0.2) is 4.79 Å². The van der Waals surface area contributed by atoms with E-state index in [1.54, 1.807) is 6.92 Å². The quantitative estimate of drug-likeness (QED) is 0.885. The Bertz CT molecular complexity index is 602. The normalized spacial score (nSPS) is 19.7. The Morgan fingerprint density at radius 3 is 2.46 bits per heavy atom. The van der Waals surface area contributed by atoms with E-state index in [1.807, 2.05) is 0 Å². The largest absolute Gasteiger partial charge is 0.416 e. The lowest BCUT2D eigenvalue weighted by atomic mass is 9.96. The number of urea groups is 1. The summed E-state index contributed by atoms with van der Waals surface area (Å²) in [6, 6.07) is 3.71.